The monoisotopic (exact) mass is 429 g/mol. The number of anilines is 1. The highest BCUT2D eigenvalue weighted by Crippen LogP contribution is 2.30. The Balaban J connectivity index is 1.56. The van der Waals surface area contributed by atoms with Crippen molar-refractivity contribution >= 4 is 15.9 Å². The molecule has 2 fully saturated rings. The van der Waals surface area contributed by atoms with E-state index in [0.29, 0.717) is 36.3 Å². The molecule has 0 unspecified atom stereocenters. The molecule has 8 nitrogen and oxygen atoms in total. The molecule has 1 aromatic carbocycles. The Bertz CT molecular complexity index is 1030. The van der Waals surface area contributed by atoms with E-state index in [4.69, 9.17) is 4.42 Å². The molecule has 2 saturated heterocycles. The fraction of sp³-hybridized carbons (Fsp3) is 0.524. The molecule has 160 valence electrons. The SMILES string of the molecule is C[C@H]1CCCN(S(=O)(=O)c2ccc(-c3nc(C#N)c(N4CCN(C)CC4)o3)cc2)C1. The van der Waals surface area contributed by atoms with E-state index in [0.717, 1.165) is 39.0 Å². The van der Waals surface area contributed by atoms with Crippen molar-refractivity contribution in [1.82, 2.24) is 14.2 Å². The molecule has 0 aliphatic carbocycles. The van der Waals surface area contributed by atoms with Crippen LogP contribution in [0.25, 0.3) is 11.5 Å². The lowest BCUT2D eigenvalue weighted by atomic mass is 10.0. The van der Waals surface area contributed by atoms with E-state index in [9.17, 15) is 13.7 Å². The maximum absolute atomic E-state index is 13.0. The predicted octanol–water partition coefficient (Wildman–Crippen LogP) is 2.39. The van der Waals surface area contributed by atoms with E-state index < -0.39 is 10.0 Å². The highest BCUT2D eigenvalue weighted by atomic mass is 32.2. The van der Waals surface area contributed by atoms with Crippen molar-refractivity contribution in [1.29, 1.82) is 5.26 Å². The van der Waals surface area contributed by atoms with Crippen molar-refractivity contribution in [3.05, 3.63) is 30.0 Å². The van der Waals surface area contributed by atoms with Crippen LogP contribution in [0.2, 0.25) is 0 Å². The first-order valence-electron chi connectivity index (χ1n) is 10.3. The zero-order chi connectivity index (χ0) is 21.3. The topological polar surface area (TPSA) is 93.7 Å². The summed E-state index contributed by atoms with van der Waals surface area (Å²) < 4.78 is 33.4. The van der Waals surface area contributed by atoms with Crippen LogP contribution in [-0.4, -0.2) is 68.9 Å². The van der Waals surface area contributed by atoms with Gasteiger partial charge in [0.05, 0.1) is 4.90 Å². The summed E-state index contributed by atoms with van der Waals surface area (Å²) in [6.07, 6.45) is 1.95. The molecule has 0 bridgehead atoms. The van der Waals surface area contributed by atoms with Gasteiger partial charge in [-0.2, -0.15) is 14.6 Å². The highest BCUT2D eigenvalue weighted by Gasteiger charge is 2.29. The average molecular weight is 430 g/mol. The number of nitriles is 1. The summed E-state index contributed by atoms with van der Waals surface area (Å²) in [5.41, 5.74) is 0.909. The number of hydrogen-bond donors (Lipinski definition) is 0. The Morgan fingerprint density at radius 1 is 1.13 bits per heavy atom. The number of piperidine rings is 1. The molecule has 2 aromatic rings. The average Bonchev–Trinajstić information content (AvgIpc) is 3.19. The number of sulfonamides is 1. The first-order valence-corrected chi connectivity index (χ1v) is 11.8. The molecule has 3 heterocycles. The number of piperazine rings is 1. The van der Waals surface area contributed by atoms with Crippen molar-refractivity contribution in [2.24, 2.45) is 5.92 Å². The van der Waals surface area contributed by atoms with E-state index in [1.807, 2.05) is 4.90 Å². The number of nitrogens with zero attached hydrogens (tertiary/aromatic N) is 5. The molecule has 1 atom stereocenters. The zero-order valence-electron chi connectivity index (χ0n) is 17.4. The molecule has 30 heavy (non-hydrogen) atoms. The van der Waals surface area contributed by atoms with Crippen LogP contribution in [0, 0.1) is 17.2 Å². The van der Waals surface area contributed by atoms with Crippen LogP contribution in [-0.2, 0) is 10.0 Å². The van der Waals surface area contributed by atoms with Gasteiger partial charge >= 0.3 is 0 Å². The fourth-order valence-electron chi connectivity index (χ4n) is 4.02. The Morgan fingerprint density at radius 2 is 1.83 bits per heavy atom. The second-order valence-corrected chi connectivity index (χ2v) is 10.1. The molecule has 0 amide bonds. The lowest BCUT2D eigenvalue weighted by Gasteiger charge is -2.31. The van der Waals surface area contributed by atoms with Gasteiger partial charge in [-0.05, 0) is 50.1 Å². The van der Waals surface area contributed by atoms with Crippen molar-refractivity contribution in [2.45, 2.75) is 24.7 Å². The van der Waals surface area contributed by atoms with Gasteiger partial charge in [0.25, 0.3) is 0 Å². The summed E-state index contributed by atoms with van der Waals surface area (Å²) in [4.78, 5) is 8.87. The predicted molar refractivity (Wildman–Crippen MR) is 114 cm³/mol. The van der Waals surface area contributed by atoms with Gasteiger partial charge in [0, 0.05) is 44.8 Å². The van der Waals surface area contributed by atoms with Crippen molar-refractivity contribution in [3.63, 3.8) is 0 Å². The molecule has 4 rings (SSSR count). The summed E-state index contributed by atoms with van der Waals surface area (Å²) >= 11 is 0. The molecular weight excluding hydrogens is 402 g/mol. The molecule has 0 radical (unpaired) electrons. The summed E-state index contributed by atoms with van der Waals surface area (Å²) in [6, 6.07) is 8.69. The molecule has 2 aliphatic rings. The van der Waals surface area contributed by atoms with Crippen LogP contribution in [0.1, 0.15) is 25.5 Å². The third-order valence-electron chi connectivity index (χ3n) is 5.86. The number of likely N-dealkylation sites (N-methyl/N-ethyl adjacent to an activating group) is 1. The van der Waals surface area contributed by atoms with Gasteiger partial charge in [-0.3, -0.25) is 0 Å². The van der Waals surface area contributed by atoms with E-state index >= 15 is 0 Å². The standard InChI is InChI=1S/C21H27N5O3S/c1-16-4-3-9-26(15-16)30(27,28)18-7-5-17(6-8-18)20-23-19(14-22)21(29-20)25-12-10-24(2)11-13-25/h5-8,16H,3-4,9-13,15H2,1-2H3/t16-/m0/s1. The molecule has 1 aromatic heterocycles. The number of rotatable bonds is 4. The van der Waals surface area contributed by atoms with Crippen LogP contribution < -0.4 is 4.90 Å². The third kappa shape index (κ3) is 4.08. The van der Waals surface area contributed by atoms with E-state index in [-0.39, 0.29) is 10.6 Å². The van der Waals surface area contributed by atoms with Crippen LogP contribution in [0.4, 0.5) is 5.88 Å². The highest BCUT2D eigenvalue weighted by molar-refractivity contribution is 7.89. The normalized spacial score (nSPS) is 21.5. The van der Waals surface area contributed by atoms with Gasteiger partial charge in [0.15, 0.2) is 0 Å². The second-order valence-electron chi connectivity index (χ2n) is 8.21. The van der Waals surface area contributed by atoms with Crippen LogP contribution >= 0.6 is 0 Å². The van der Waals surface area contributed by atoms with Gasteiger partial charge in [0.1, 0.15) is 6.07 Å². The Morgan fingerprint density at radius 3 is 2.47 bits per heavy atom. The van der Waals surface area contributed by atoms with Gasteiger partial charge in [0.2, 0.25) is 27.5 Å². The van der Waals surface area contributed by atoms with Crippen molar-refractivity contribution in [3.8, 4) is 17.5 Å². The number of hydrogen-bond acceptors (Lipinski definition) is 7. The first-order chi connectivity index (χ1) is 14.4. The Labute approximate surface area is 177 Å². The lowest BCUT2D eigenvalue weighted by molar-refractivity contribution is 0.281. The molecule has 2 aliphatic heterocycles. The molecule has 0 N–H and O–H groups in total. The molecule has 0 spiro atoms. The first kappa shape index (κ1) is 20.8. The van der Waals surface area contributed by atoms with Crippen LogP contribution in [0.3, 0.4) is 0 Å². The minimum absolute atomic E-state index is 0.258. The van der Waals surface area contributed by atoms with E-state index in [1.165, 1.54) is 0 Å². The van der Waals surface area contributed by atoms with E-state index in [2.05, 4.69) is 29.9 Å². The smallest absolute Gasteiger partial charge is 0.243 e. The van der Waals surface area contributed by atoms with Gasteiger partial charge in [-0.1, -0.05) is 6.92 Å². The number of aromatic nitrogens is 1. The minimum Gasteiger partial charge on any atom is -0.419 e. The lowest BCUT2D eigenvalue weighted by Crippen LogP contribution is -2.44. The van der Waals surface area contributed by atoms with Crippen LogP contribution in [0.5, 0.6) is 0 Å². The van der Waals surface area contributed by atoms with Gasteiger partial charge < -0.3 is 14.2 Å². The van der Waals surface area contributed by atoms with Crippen LogP contribution in [0.15, 0.2) is 33.6 Å². The molecule has 9 heteroatoms. The summed E-state index contributed by atoms with van der Waals surface area (Å²) in [5, 5.41) is 9.48. The van der Waals surface area contributed by atoms with E-state index in [1.54, 1.807) is 28.6 Å². The van der Waals surface area contributed by atoms with Crippen molar-refractivity contribution < 1.29 is 12.8 Å². The Hall–Kier alpha value is -2.41. The number of oxazole rings is 1. The zero-order valence-corrected chi connectivity index (χ0v) is 18.2. The maximum Gasteiger partial charge on any atom is 0.243 e. The van der Waals surface area contributed by atoms with Gasteiger partial charge in [-0.25, -0.2) is 8.42 Å². The third-order valence-corrected chi connectivity index (χ3v) is 7.74. The molecule has 0 saturated carbocycles. The fourth-order valence-corrected chi connectivity index (χ4v) is 5.61. The summed E-state index contributed by atoms with van der Waals surface area (Å²) in [7, 11) is -1.44. The Kier molecular flexibility index (Phi) is 5.82. The second kappa shape index (κ2) is 8.38. The summed E-state index contributed by atoms with van der Waals surface area (Å²) in [6.45, 7) is 6.53. The molecular formula is C21H27N5O3S. The quantitative estimate of drug-likeness (QED) is 0.736. The largest absolute Gasteiger partial charge is 0.419 e. The number of benzene rings is 1. The summed E-state index contributed by atoms with van der Waals surface area (Å²) in [5.74, 6) is 1.19. The maximum atomic E-state index is 13.0. The minimum atomic E-state index is -3.51. The van der Waals surface area contributed by atoms with Gasteiger partial charge in [-0.15, -0.1) is 0 Å². The van der Waals surface area contributed by atoms with Crippen molar-refractivity contribution in [2.75, 3.05) is 51.2 Å².